The van der Waals surface area contributed by atoms with Gasteiger partial charge in [0.1, 0.15) is 0 Å². The quantitative estimate of drug-likeness (QED) is 0.749. The van der Waals surface area contributed by atoms with Crippen LogP contribution in [0.5, 0.6) is 0 Å². The highest BCUT2D eigenvalue weighted by Gasteiger charge is 2.13. The average molecular weight is 368 g/mol. The van der Waals surface area contributed by atoms with Crippen LogP contribution in [0.4, 0.5) is 11.4 Å². The Hall–Kier alpha value is -2.74. The van der Waals surface area contributed by atoms with Gasteiger partial charge in [0.25, 0.3) is 5.95 Å². The van der Waals surface area contributed by atoms with Crippen molar-refractivity contribution < 1.29 is 4.79 Å². The number of piperidine rings is 1. The molecule has 1 aliphatic heterocycles. The molecule has 8 heteroatoms. The zero-order valence-corrected chi connectivity index (χ0v) is 15.2. The number of hydrogen-bond donors (Lipinski definition) is 1. The fourth-order valence-corrected chi connectivity index (χ4v) is 3.72. The van der Waals surface area contributed by atoms with Crippen LogP contribution in [-0.2, 0) is 11.2 Å². The lowest BCUT2D eigenvalue weighted by atomic mass is 10.1. The maximum Gasteiger partial charge on any atom is 0.250 e. The Morgan fingerprint density at radius 1 is 1.15 bits per heavy atom. The van der Waals surface area contributed by atoms with E-state index in [0.29, 0.717) is 18.1 Å². The van der Waals surface area contributed by atoms with E-state index >= 15 is 0 Å². The van der Waals surface area contributed by atoms with E-state index in [9.17, 15) is 4.79 Å². The monoisotopic (exact) mass is 368 g/mol. The van der Waals surface area contributed by atoms with Gasteiger partial charge in [0, 0.05) is 18.0 Å². The Balaban J connectivity index is 1.40. The molecule has 1 fully saturated rings. The van der Waals surface area contributed by atoms with Gasteiger partial charge in [-0.05, 0) is 30.7 Å². The van der Waals surface area contributed by atoms with Crippen molar-refractivity contribution in [3.63, 3.8) is 0 Å². The number of carbonyl (C=O) groups is 1. The van der Waals surface area contributed by atoms with Crippen molar-refractivity contribution in [1.29, 1.82) is 0 Å². The Kier molecular flexibility index (Phi) is 4.92. The largest absolute Gasteiger partial charge is 0.369 e. The molecule has 0 aliphatic carbocycles. The first-order valence-electron chi connectivity index (χ1n) is 8.72. The molecule has 0 atom stereocenters. The number of nitrogens with zero attached hydrogens (tertiary/aromatic N) is 5. The van der Waals surface area contributed by atoms with Crippen LogP contribution in [0.15, 0.2) is 42.3 Å². The average Bonchev–Trinajstić information content (AvgIpc) is 3.35. The lowest BCUT2D eigenvalue weighted by molar-refractivity contribution is -0.115. The molecule has 1 aliphatic rings. The SMILES string of the molecule is O=C(Cc1cccs1)Nc1cnn(-c2ncc(N3CCCCC3)cn2)c1. The maximum atomic E-state index is 12.1. The second kappa shape index (κ2) is 7.65. The van der Waals surface area contributed by atoms with Gasteiger partial charge in [-0.15, -0.1) is 11.3 Å². The second-order valence-corrected chi connectivity index (χ2v) is 7.30. The normalized spacial score (nSPS) is 14.4. The van der Waals surface area contributed by atoms with E-state index in [-0.39, 0.29) is 5.91 Å². The molecule has 0 spiro atoms. The summed E-state index contributed by atoms with van der Waals surface area (Å²) in [5.41, 5.74) is 1.68. The van der Waals surface area contributed by atoms with E-state index in [1.165, 1.54) is 19.3 Å². The minimum Gasteiger partial charge on any atom is -0.369 e. The van der Waals surface area contributed by atoms with Crippen LogP contribution in [-0.4, -0.2) is 38.7 Å². The molecule has 0 unspecified atom stereocenters. The molecule has 1 saturated heterocycles. The Morgan fingerprint density at radius 2 is 1.96 bits per heavy atom. The van der Waals surface area contributed by atoms with Gasteiger partial charge in [0.15, 0.2) is 0 Å². The molecule has 4 heterocycles. The third-order valence-electron chi connectivity index (χ3n) is 4.33. The van der Waals surface area contributed by atoms with Crippen LogP contribution in [0.1, 0.15) is 24.1 Å². The van der Waals surface area contributed by atoms with Crippen molar-refractivity contribution in [3.8, 4) is 5.95 Å². The fraction of sp³-hybridized carbons (Fsp3) is 0.333. The third-order valence-corrected chi connectivity index (χ3v) is 5.21. The van der Waals surface area contributed by atoms with E-state index in [4.69, 9.17) is 0 Å². The standard InChI is InChI=1S/C18H20N6OS/c25-17(9-16-5-4-8-26-16)22-14-10-21-24(13-14)18-19-11-15(12-20-18)23-6-2-1-3-7-23/h4-5,8,10-13H,1-3,6-7,9H2,(H,22,25). The van der Waals surface area contributed by atoms with E-state index in [2.05, 4.69) is 25.3 Å². The van der Waals surface area contributed by atoms with Crippen LogP contribution in [0.25, 0.3) is 5.95 Å². The van der Waals surface area contributed by atoms with Crippen molar-refractivity contribution in [3.05, 3.63) is 47.2 Å². The topological polar surface area (TPSA) is 75.9 Å². The minimum absolute atomic E-state index is 0.0617. The number of aromatic nitrogens is 4. The molecular weight excluding hydrogens is 348 g/mol. The molecule has 3 aromatic heterocycles. The molecule has 0 radical (unpaired) electrons. The molecule has 3 aromatic rings. The lowest BCUT2D eigenvalue weighted by Gasteiger charge is -2.28. The number of carbonyl (C=O) groups excluding carboxylic acids is 1. The zero-order chi connectivity index (χ0) is 17.8. The smallest absolute Gasteiger partial charge is 0.250 e. The summed E-state index contributed by atoms with van der Waals surface area (Å²) in [5.74, 6) is 0.429. The van der Waals surface area contributed by atoms with Crippen molar-refractivity contribution in [1.82, 2.24) is 19.7 Å². The molecule has 0 aromatic carbocycles. The van der Waals surface area contributed by atoms with Gasteiger partial charge in [0.2, 0.25) is 5.91 Å². The van der Waals surface area contributed by atoms with E-state index in [1.54, 1.807) is 28.4 Å². The summed E-state index contributed by atoms with van der Waals surface area (Å²) >= 11 is 1.57. The van der Waals surface area contributed by atoms with Gasteiger partial charge < -0.3 is 10.2 Å². The third kappa shape index (κ3) is 3.91. The molecule has 0 bridgehead atoms. The first-order valence-corrected chi connectivity index (χ1v) is 9.60. The van der Waals surface area contributed by atoms with Gasteiger partial charge in [-0.25, -0.2) is 14.6 Å². The van der Waals surface area contributed by atoms with Crippen LogP contribution >= 0.6 is 11.3 Å². The molecule has 1 N–H and O–H groups in total. The van der Waals surface area contributed by atoms with Gasteiger partial charge in [-0.1, -0.05) is 6.07 Å². The maximum absolute atomic E-state index is 12.1. The van der Waals surface area contributed by atoms with Gasteiger partial charge in [-0.2, -0.15) is 5.10 Å². The van der Waals surface area contributed by atoms with Crippen molar-refractivity contribution in [2.24, 2.45) is 0 Å². The van der Waals surface area contributed by atoms with Crippen molar-refractivity contribution in [2.75, 3.05) is 23.3 Å². The van der Waals surface area contributed by atoms with Gasteiger partial charge >= 0.3 is 0 Å². The van der Waals surface area contributed by atoms with E-state index < -0.39 is 0 Å². The highest BCUT2D eigenvalue weighted by atomic mass is 32.1. The molecule has 0 saturated carbocycles. The summed E-state index contributed by atoms with van der Waals surface area (Å²) in [4.78, 5) is 24.2. The zero-order valence-electron chi connectivity index (χ0n) is 14.3. The summed E-state index contributed by atoms with van der Waals surface area (Å²) in [5, 5.41) is 9.06. The first kappa shape index (κ1) is 16.7. The number of amides is 1. The number of nitrogens with one attached hydrogen (secondary N) is 1. The Labute approximate surface area is 155 Å². The summed E-state index contributed by atoms with van der Waals surface area (Å²) in [6, 6.07) is 3.89. The Morgan fingerprint density at radius 3 is 2.69 bits per heavy atom. The van der Waals surface area contributed by atoms with E-state index in [0.717, 1.165) is 23.7 Å². The molecule has 134 valence electrons. The molecular formula is C18H20N6OS. The number of thiophene rings is 1. The summed E-state index contributed by atoms with van der Waals surface area (Å²) < 4.78 is 1.57. The predicted molar refractivity (Wildman–Crippen MR) is 102 cm³/mol. The van der Waals surface area contributed by atoms with Crippen LogP contribution in [0.2, 0.25) is 0 Å². The second-order valence-electron chi connectivity index (χ2n) is 6.27. The van der Waals surface area contributed by atoms with E-state index in [1.807, 2.05) is 29.9 Å². The summed E-state index contributed by atoms with van der Waals surface area (Å²) in [7, 11) is 0. The highest BCUT2D eigenvalue weighted by molar-refractivity contribution is 7.10. The number of anilines is 2. The summed E-state index contributed by atoms with van der Waals surface area (Å²) in [6.07, 6.45) is 11.1. The number of hydrogen-bond acceptors (Lipinski definition) is 6. The lowest BCUT2D eigenvalue weighted by Crippen LogP contribution is -2.29. The molecule has 1 amide bonds. The van der Waals surface area contributed by atoms with Crippen LogP contribution < -0.4 is 10.2 Å². The van der Waals surface area contributed by atoms with Gasteiger partial charge in [0.05, 0.1) is 42.6 Å². The Bertz CT molecular complexity index is 852. The molecule has 4 rings (SSSR count). The van der Waals surface area contributed by atoms with Gasteiger partial charge in [-0.3, -0.25) is 4.79 Å². The molecule has 26 heavy (non-hydrogen) atoms. The minimum atomic E-state index is -0.0617. The van der Waals surface area contributed by atoms with Crippen LogP contribution in [0.3, 0.4) is 0 Å². The predicted octanol–water partition coefficient (Wildman–Crippen LogP) is 2.90. The summed E-state index contributed by atoms with van der Waals surface area (Å²) in [6.45, 7) is 2.12. The van der Waals surface area contributed by atoms with Crippen LogP contribution in [0, 0.1) is 0 Å². The fourth-order valence-electron chi connectivity index (χ4n) is 3.02. The van der Waals surface area contributed by atoms with Crippen molar-refractivity contribution >= 4 is 28.6 Å². The number of rotatable bonds is 5. The highest BCUT2D eigenvalue weighted by Crippen LogP contribution is 2.18. The molecule has 7 nitrogen and oxygen atoms in total. The first-order chi connectivity index (χ1) is 12.8. The van der Waals surface area contributed by atoms with Crippen molar-refractivity contribution in [2.45, 2.75) is 25.7 Å².